The molecule has 0 aliphatic heterocycles. The van der Waals surface area contributed by atoms with Crippen LogP contribution in [0.25, 0.3) is 11.3 Å². The van der Waals surface area contributed by atoms with Gasteiger partial charge in [-0.1, -0.05) is 0 Å². The summed E-state index contributed by atoms with van der Waals surface area (Å²) in [6.07, 6.45) is 0.123. The van der Waals surface area contributed by atoms with Crippen molar-refractivity contribution in [1.82, 2.24) is 4.98 Å². The largest absolute Gasteiger partial charge is 0.357 e. The predicted octanol–water partition coefficient (Wildman–Crippen LogP) is 2.79. The summed E-state index contributed by atoms with van der Waals surface area (Å²) in [4.78, 5) is 2.81. The van der Waals surface area contributed by atoms with E-state index in [-0.39, 0.29) is 17.7 Å². The average molecular weight is 325 g/mol. The number of rotatable bonds is 5. The van der Waals surface area contributed by atoms with Crippen molar-refractivity contribution in [2.45, 2.75) is 13.3 Å². The first kappa shape index (κ1) is 16.0. The first-order valence-electron chi connectivity index (χ1n) is 6.41. The SMILES string of the molecule is CCS(=O)(=O)Nc1cc(F)c(-c2ccc(CC#N)[nH]2)cc1F. The minimum absolute atomic E-state index is 0.0406. The van der Waals surface area contributed by atoms with Crippen LogP contribution >= 0.6 is 0 Å². The standard InChI is InChI=1S/C14H13F2N3O2S/c1-2-22(20,21)19-14-8-11(15)10(7-12(14)16)13-4-3-9(18-13)5-6-17/h3-4,7-8,18-19H,2,5H2,1H3. The van der Waals surface area contributed by atoms with Gasteiger partial charge < -0.3 is 4.98 Å². The van der Waals surface area contributed by atoms with Gasteiger partial charge in [-0.2, -0.15) is 5.26 Å². The molecule has 5 nitrogen and oxygen atoms in total. The smallest absolute Gasteiger partial charge is 0.232 e. The van der Waals surface area contributed by atoms with Gasteiger partial charge in [-0.05, 0) is 25.1 Å². The third-order valence-corrected chi connectivity index (χ3v) is 4.30. The minimum atomic E-state index is -3.69. The number of nitriles is 1. The number of hydrogen-bond acceptors (Lipinski definition) is 3. The van der Waals surface area contributed by atoms with Crippen LogP contribution in [-0.4, -0.2) is 19.2 Å². The van der Waals surface area contributed by atoms with Gasteiger partial charge in [0.15, 0.2) is 0 Å². The first-order chi connectivity index (χ1) is 10.4. The molecule has 2 rings (SSSR count). The Hall–Kier alpha value is -2.40. The molecule has 0 aliphatic rings. The second-order valence-electron chi connectivity index (χ2n) is 4.55. The highest BCUT2D eigenvalue weighted by molar-refractivity contribution is 7.92. The number of nitrogens with one attached hydrogen (secondary N) is 2. The van der Waals surface area contributed by atoms with E-state index in [1.165, 1.54) is 13.0 Å². The zero-order valence-corrected chi connectivity index (χ0v) is 12.5. The third-order valence-electron chi connectivity index (χ3n) is 3.01. The zero-order chi connectivity index (χ0) is 16.3. The van der Waals surface area contributed by atoms with Gasteiger partial charge in [-0.15, -0.1) is 0 Å². The van der Waals surface area contributed by atoms with Crippen molar-refractivity contribution in [1.29, 1.82) is 5.26 Å². The molecule has 1 aromatic carbocycles. The molecule has 2 aromatic rings. The van der Waals surface area contributed by atoms with Gasteiger partial charge in [0.25, 0.3) is 0 Å². The lowest BCUT2D eigenvalue weighted by molar-refractivity contribution is 0.596. The number of benzene rings is 1. The van der Waals surface area contributed by atoms with Crippen molar-refractivity contribution in [3.8, 4) is 17.3 Å². The molecule has 0 amide bonds. The Kier molecular flexibility index (Phi) is 4.47. The van der Waals surface area contributed by atoms with Crippen LogP contribution in [0.3, 0.4) is 0 Å². The molecule has 1 aromatic heterocycles. The number of H-pyrrole nitrogens is 1. The Morgan fingerprint density at radius 2 is 2.00 bits per heavy atom. The Morgan fingerprint density at radius 1 is 1.27 bits per heavy atom. The number of anilines is 1. The molecule has 0 radical (unpaired) electrons. The molecule has 0 spiro atoms. The number of sulfonamides is 1. The van der Waals surface area contributed by atoms with Crippen molar-refractivity contribution in [3.05, 3.63) is 41.6 Å². The normalized spacial score (nSPS) is 11.2. The van der Waals surface area contributed by atoms with Gasteiger partial charge in [0.1, 0.15) is 11.6 Å². The number of halogens is 2. The second-order valence-corrected chi connectivity index (χ2v) is 6.56. The van der Waals surface area contributed by atoms with E-state index in [1.54, 1.807) is 6.07 Å². The number of aromatic nitrogens is 1. The van der Waals surface area contributed by atoms with E-state index < -0.39 is 27.3 Å². The van der Waals surface area contributed by atoms with E-state index in [9.17, 15) is 17.2 Å². The molecule has 22 heavy (non-hydrogen) atoms. The van der Waals surface area contributed by atoms with Crippen molar-refractivity contribution < 1.29 is 17.2 Å². The lowest BCUT2D eigenvalue weighted by atomic mass is 10.1. The molecule has 0 atom stereocenters. The monoisotopic (exact) mass is 325 g/mol. The summed E-state index contributed by atoms with van der Waals surface area (Å²) in [5.74, 6) is -1.91. The van der Waals surface area contributed by atoms with Crippen LogP contribution in [0.4, 0.5) is 14.5 Å². The van der Waals surface area contributed by atoms with E-state index in [1.807, 2.05) is 10.8 Å². The van der Waals surface area contributed by atoms with Crippen molar-refractivity contribution >= 4 is 15.7 Å². The Bertz CT molecular complexity index is 838. The topological polar surface area (TPSA) is 85.8 Å². The molecule has 116 valence electrons. The van der Waals surface area contributed by atoms with E-state index >= 15 is 0 Å². The lowest BCUT2D eigenvalue weighted by Crippen LogP contribution is -2.15. The lowest BCUT2D eigenvalue weighted by Gasteiger charge is -2.09. The van der Waals surface area contributed by atoms with Crippen LogP contribution in [0.1, 0.15) is 12.6 Å². The maximum atomic E-state index is 14.1. The number of aromatic amines is 1. The van der Waals surface area contributed by atoms with Crippen molar-refractivity contribution in [3.63, 3.8) is 0 Å². The summed E-state index contributed by atoms with van der Waals surface area (Å²) in [5.41, 5.74) is 0.410. The van der Waals surface area contributed by atoms with Crippen LogP contribution in [0.2, 0.25) is 0 Å². The molecule has 0 fully saturated rings. The van der Waals surface area contributed by atoms with E-state index in [0.717, 1.165) is 12.1 Å². The maximum absolute atomic E-state index is 14.1. The van der Waals surface area contributed by atoms with Gasteiger partial charge in [0.05, 0.1) is 23.9 Å². The second kappa shape index (κ2) is 6.15. The molecule has 2 N–H and O–H groups in total. The van der Waals surface area contributed by atoms with E-state index in [4.69, 9.17) is 5.26 Å². The van der Waals surface area contributed by atoms with Crippen molar-refractivity contribution in [2.24, 2.45) is 0 Å². The van der Waals surface area contributed by atoms with Gasteiger partial charge in [0, 0.05) is 23.0 Å². The summed E-state index contributed by atoms with van der Waals surface area (Å²) in [6, 6.07) is 6.77. The summed E-state index contributed by atoms with van der Waals surface area (Å²) in [6.45, 7) is 1.39. The third kappa shape index (κ3) is 3.43. The quantitative estimate of drug-likeness (QED) is 0.886. The van der Waals surface area contributed by atoms with Gasteiger partial charge in [-0.3, -0.25) is 4.72 Å². The van der Waals surface area contributed by atoms with Crippen LogP contribution < -0.4 is 4.72 Å². The maximum Gasteiger partial charge on any atom is 0.232 e. The molecule has 1 heterocycles. The van der Waals surface area contributed by atoms with Crippen LogP contribution in [0.15, 0.2) is 24.3 Å². The molecule has 0 aliphatic carbocycles. The first-order valence-corrected chi connectivity index (χ1v) is 8.06. The van der Waals surface area contributed by atoms with E-state index in [2.05, 4.69) is 4.98 Å². The number of hydrogen-bond donors (Lipinski definition) is 2. The summed E-state index contributed by atoms with van der Waals surface area (Å²) >= 11 is 0. The molecule has 0 saturated heterocycles. The highest BCUT2D eigenvalue weighted by Crippen LogP contribution is 2.28. The van der Waals surface area contributed by atoms with Gasteiger partial charge in [-0.25, -0.2) is 17.2 Å². The number of nitrogens with zero attached hydrogens (tertiary/aromatic N) is 1. The highest BCUT2D eigenvalue weighted by Gasteiger charge is 2.16. The average Bonchev–Trinajstić information content (AvgIpc) is 2.91. The van der Waals surface area contributed by atoms with Gasteiger partial charge in [0.2, 0.25) is 10.0 Å². The molecule has 0 saturated carbocycles. The molecule has 0 unspecified atom stereocenters. The Balaban J connectivity index is 2.39. The fourth-order valence-corrected chi connectivity index (χ4v) is 2.49. The highest BCUT2D eigenvalue weighted by atomic mass is 32.2. The van der Waals surface area contributed by atoms with Crippen molar-refractivity contribution in [2.75, 3.05) is 10.5 Å². The van der Waals surface area contributed by atoms with E-state index in [0.29, 0.717) is 11.4 Å². The minimum Gasteiger partial charge on any atom is -0.357 e. The summed E-state index contributed by atoms with van der Waals surface area (Å²) in [7, 11) is -3.69. The van der Waals surface area contributed by atoms with Crippen LogP contribution in [0, 0.1) is 23.0 Å². The molecule has 8 heteroatoms. The molecule has 0 bridgehead atoms. The zero-order valence-electron chi connectivity index (χ0n) is 11.7. The summed E-state index contributed by atoms with van der Waals surface area (Å²) < 4.78 is 52.9. The van der Waals surface area contributed by atoms with Crippen LogP contribution in [-0.2, 0) is 16.4 Å². The molecular formula is C14H13F2N3O2S. The fraction of sp³-hybridized carbons (Fsp3) is 0.214. The fourth-order valence-electron chi connectivity index (χ4n) is 1.86. The van der Waals surface area contributed by atoms with Gasteiger partial charge >= 0.3 is 0 Å². The summed E-state index contributed by atoms with van der Waals surface area (Å²) in [5, 5.41) is 8.60. The Labute approximate surface area is 126 Å². The molecular weight excluding hydrogens is 312 g/mol. The Morgan fingerprint density at radius 3 is 2.64 bits per heavy atom. The van der Waals surface area contributed by atoms with Crippen LogP contribution in [0.5, 0.6) is 0 Å². The predicted molar refractivity (Wildman–Crippen MR) is 78.5 cm³/mol.